The number of likely N-dealkylation sites (tertiary alicyclic amines) is 2. The van der Waals surface area contributed by atoms with E-state index in [4.69, 9.17) is 4.42 Å². The number of aromatic nitrogens is 2. The van der Waals surface area contributed by atoms with Crippen molar-refractivity contribution in [1.82, 2.24) is 19.6 Å². The number of carbonyl (C=O) groups excluding carboxylic acids is 2. The second-order valence-corrected chi connectivity index (χ2v) is 8.11. The van der Waals surface area contributed by atoms with Gasteiger partial charge in [0, 0.05) is 44.8 Å². The molecule has 156 valence electrons. The van der Waals surface area contributed by atoms with Crippen molar-refractivity contribution in [3.05, 3.63) is 41.1 Å². The molecule has 0 aliphatic carbocycles. The maximum Gasteiger partial charge on any atom is 0.289 e. The highest BCUT2D eigenvalue weighted by Gasteiger charge is 2.40. The number of fused-ring (bicyclic) bond motifs is 1. The predicted octanol–water partition coefficient (Wildman–Crippen LogP) is 3.13. The van der Waals surface area contributed by atoms with Crippen molar-refractivity contribution in [2.24, 2.45) is 5.92 Å². The molecule has 0 bridgehead atoms. The molecule has 4 heterocycles. The van der Waals surface area contributed by atoms with Crippen LogP contribution in [-0.4, -0.2) is 57.1 Å². The summed E-state index contributed by atoms with van der Waals surface area (Å²) in [6.07, 6.45) is 5.30. The fraction of sp³-hybridized carbons (Fsp3) is 0.591. The average molecular weight is 399 g/mol. The van der Waals surface area contributed by atoms with Gasteiger partial charge in [0.2, 0.25) is 0 Å². The van der Waals surface area contributed by atoms with Crippen LogP contribution < -0.4 is 0 Å². The van der Waals surface area contributed by atoms with Gasteiger partial charge in [-0.1, -0.05) is 6.92 Å². The Morgan fingerprint density at radius 2 is 2.03 bits per heavy atom. The first-order chi connectivity index (χ1) is 14.0. The maximum absolute atomic E-state index is 13.2. The van der Waals surface area contributed by atoms with Crippen molar-refractivity contribution in [3.63, 3.8) is 0 Å². The minimum absolute atomic E-state index is 0.0289. The number of aryl methyl sites for hydroxylation is 3. The fourth-order valence-corrected chi connectivity index (χ4v) is 4.89. The van der Waals surface area contributed by atoms with Crippen LogP contribution in [0.2, 0.25) is 0 Å². The van der Waals surface area contributed by atoms with Crippen LogP contribution in [0.15, 0.2) is 22.7 Å². The maximum atomic E-state index is 13.2. The van der Waals surface area contributed by atoms with Gasteiger partial charge in [0.1, 0.15) is 11.5 Å². The van der Waals surface area contributed by atoms with Crippen LogP contribution in [0.1, 0.15) is 65.5 Å². The molecule has 29 heavy (non-hydrogen) atoms. The molecule has 2 saturated heterocycles. The van der Waals surface area contributed by atoms with E-state index in [1.54, 1.807) is 16.9 Å². The smallest absolute Gasteiger partial charge is 0.289 e. The molecule has 0 spiro atoms. The standard InChI is InChI=1S/C22H30N4O3/c1-4-19-15(3)13-20(29-19)22(28)24-12-9-17-16(14-24)7-6-11-25(17)21(27)18-8-10-23-26(18)5-2/h8,10,13,16-17H,4-7,9,11-12,14H2,1-3H3. The lowest BCUT2D eigenvalue weighted by molar-refractivity contribution is 0.0180. The first kappa shape index (κ1) is 19.7. The molecule has 2 unspecified atom stereocenters. The molecule has 2 aliphatic rings. The zero-order valence-corrected chi connectivity index (χ0v) is 17.6. The van der Waals surface area contributed by atoms with Gasteiger partial charge < -0.3 is 14.2 Å². The molecule has 2 fully saturated rings. The fourth-order valence-electron chi connectivity index (χ4n) is 4.89. The molecule has 0 radical (unpaired) electrons. The van der Waals surface area contributed by atoms with E-state index in [-0.39, 0.29) is 17.9 Å². The van der Waals surface area contributed by atoms with Gasteiger partial charge in [-0.2, -0.15) is 5.10 Å². The highest BCUT2D eigenvalue weighted by molar-refractivity contribution is 5.93. The number of rotatable bonds is 4. The van der Waals surface area contributed by atoms with Crippen LogP contribution in [0.25, 0.3) is 0 Å². The Morgan fingerprint density at radius 3 is 2.76 bits per heavy atom. The van der Waals surface area contributed by atoms with E-state index in [0.29, 0.717) is 37.0 Å². The van der Waals surface area contributed by atoms with Gasteiger partial charge in [0.25, 0.3) is 11.8 Å². The first-order valence-corrected chi connectivity index (χ1v) is 10.7. The van der Waals surface area contributed by atoms with E-state index in [1.807, 2.05) is 36.6 Å². The summed E-state index contributed by atoms with van der Waals surface area (Å²) in [6, 6.07) is 3.85. The van der Waals surface area contributed by atoms with Gasteiger partial charge in [-0.25, -0.2) is 0 Å². The van der Waals surface area contributed by atoms with Crippen molar-refractivity contribution in [1.29, 1.82) is 0 Å². The number of piperidine rings is 2. The Hall–Kier alpha value is -2.57. The molecule has 7 nitrogen and oxygen atoms in total. The number of amides is 2. The molecule has 4 rings (SSSR count). The lowest BCUT2D eigenvalue weighted by Crippen LogP contribution is -2.56. The predicted molar refractivity (Wildman–Crippen MR) is 109 cm³/mol. The lowest BCUT2D eigenvalue weighted by Gasteiger charge is -2.47. The number of nitrogens with zero attached hydrogens (tertiary/aromatic N) is 4. The van der Waals surface area contributed by atoms with E-state index >= 15 is 0 Å². The number of carbonyl (C=O) groups is 2. The molecule has 0 aromatic carbocycles. The van der Waals surface area contributed by atoms with Crippen LogP contribution in [0.3, 0.4) is 0 Å². The Bertz CT molecular complexity index is 900. The molecule has 2 atom stereocenters. The van der Waals surface area contributed by atoms with Crippen LogP contribution >= 0.6 is 0 Å². The Balaban J connectivity index is 1.47. The Morgan fingerprint density at radius 1 is 1.21 bits per heavy atom. The number of hydrogen-bond acceptors (Lipinski definition) is 4. The van der Waals surface area contributed by atoms with Gasteiger partial charge >= 0.3 is 0 Å². The highest BCUT2D eigenvalue weighted by Crippen LogP contribution is 2.32. The van der Waals surface area contributed by atoms with Crippen LogP contribution in [0.4, 0.5) is 0 Å². The van der Waals surface area contributed by atoms with E-state index in [2.05, 4.69) is 5.10 Å². The zero-order chi connectivity index (χ0) is 20.5. The topological polar surface area (TPSA) is 71.6 Å². The van der Waals surface area contributed by atoms with Crippen molar-refractivity contribution in [2.75, 3.05) is 19.6 Å². The molecule has 0 saturated carbocycles. The summed E-state index contributed by atoms with van der Waals surface area (Å²) < 4.78 is 7.54. The van der Waals surface area contributed by atoms with Crippen LogP contribution in [-0.2, 0) is 13.0 Å². The molecule has 2 aromatic rings. The molecule has 2 aromatic heterocycles. The van der Waals surface area contributed by atoms with Gasteiger partial charge in [-0.3, -0.25) is 14.3 Å². The minimum Gasteiger partial charge on any atom is -0.456 e. The van der Waals surface area contributed by atoms with Crippen LogP contribution in [0.5, 0.6) is 0 Å². The second-order valence-electron chi connectivity index (χ2n) is 8.11. The van der Waals surface area contributed by atoms with Gasteiger partial charge in [0.05, 0.1) is 0 Å². The molecule has 0 N–H and O–H groups in total. The summed E-state index contributed by atoms with van der Waals surface area (Å²) in [7, 11) is 0. The molecular weight excluding hydrogens is 368 g/mol. The Kier molecular flexibility index (Phi) is 5.48. The minimum atomic E-state index is -0.0289. The van der Waals surface area contributed by atoms with E-state index < -0.39 is 0 Å². The summed E-state index contributed by atoms with van der Waals surface area (Å²) in [4.78, 5) is 30.1. The summed E-state index contributed by atoms with van der Waals surface area (Å²) in [6.45, 7) is 8.80. The molecular formula is C22H30N4O3. The SMILES string of the molecule is CCc1oc(C(=O)N2CCC3C(CCCN3C(=O)c3ccnn3CC)C2)cc1C. The third-order valence-electron chi connectivity index (χ3n) is 6.40. The van der Waals surface area contributed by atoms with Gasteiger partial charge in [0.15, 0.2) is 5.76 Å². The number of hydrogen-bond donors (Lipinski definition) is 0. The third-order valence-corrected chi connectivity index (χ3v) is 6.40. The van der Waals surface area contributed by atoms with E-state index in [0.717, 1.165) is 43.6 Å². The van der Waals surface area contributed by atoms with E-state index in [9.17, 15) is 9.59 Å². The first-order valence-electron chi connectivity index (χ1n) is 10.7. The average Bonchev–Trinajstić information content (AvgIpc) is 3.37. The quantitative estimate of drug-likeness (QED) is 0.793. The van der Waals surface area contributed by atoms with Crippen molar-refractivity contribution in [3.8, 4) is 0 Å². The van der Waals surface area contributed by atoms with Gasteiger partial charge in [-0.15, -0.1) is 0 Å². The lowest BCUT2D eigenvalue weighted by atomic mass is 9.83. The summed E-state index contributed by atoms with van der Waals surface area (Å²) >= 11 is 0. The molecule has 7 heteroatoms. The summed E-state index contributed by atoms with van der Waals surface area (Å²) in [5.41, 5.74) is 1.69. The second kappa shape index (κ2) is 8.05. The van der Waals surface area contributed by atoms with Crippen LogP contribution in [0, 0.1) is 12.8 Å². The van der Waals surface area contributed by atoms with Crippen molar-refractivity contribution < 1.29 is 14.0 Å². The molecule has 2 amide bonds. The van der Waals surface area contributed by atoms with Crippen molar-refractivity contribution in [2.45, 2.75) is 59.0 Å². The molecule has 2 aliphatic heterocycles. The largest absolute Gasteiger partial charge is 0.456 e. The monoisotopic (exact) mass is 398 g/mol. The zero-order valence-electron chi connectivity index (χ0n) is 17.6. The third kappa shape index (κ3) is 3.58. The van der Waals surface area contributed by atoms with E-state index in [1.165, 1.54) is 0 Å². The van der Waals surface area contributed by atoms with Gasteiger partial charge in [-0.05, 0) is 56.7 Å². The Labute approximate surface area is 171 Å². The highest BCUT2D eigenvalue weighted by atomic mass is 16.4. The normalized spacial score (nSPS) is 21.9. The summed E-state index contributed by atoms with van der Waals surface area (Å²) in [5.74, 6) is 1.66. The van der Waals surface area contributed by atoms with Crippen molar-refractivity contribution >= 4 is 11.8 Å². The number of furan rings is 1. The summed E-state index contributed by atoms with van der Waals surface area (Å²) in [5, 5.41) is 4.25.